The molecule has 0 radical (unpaired) electrons. The zero-order chi connectivity index (χ0) is 17.4. The van der Waals surface area contributed by atoms with E-state index in [1.54, 1.807) is 37.3 Å². The average molecular weight is 324 g/mol. The SMILES string of the molecule is CO[C@H](C(=O)N/N=C(C)\C=C\c1ccccc1O)c1ccccc1. The molecule has 24 heavy (non-hydrogen) atoms. The molecule has 2 rings (SSSR count). The van der Waals surface area contributed by atoms with Crippen LogP contribution in [0.15, 0.2) is 65.8 Å². The molecule has 1 atom stereocenters. The number of amides is 1. The largest absolute Gasteiger partial charge is 0.507 e. The highest BCUT2D eigenvalue weighted by Gasteiger charge is 2.19. The van der Waals surface area contributed by atoms with Gasteiger partial charge in [-0.2, -0.15) is 5.10 Å². The number of aromatic hydroxyl groups is 1. The number of methoxy groups -OCH3 is 1. The number of hydrogen-bond acceptors (Lipinski definition) is 4. The quantitative estimate of drug-likeness (QED) is 0.633. The molecule has 1 amide bonds. The van der Waals surface area contributed by atoms with Crippen molar-refractivity contribution in [2.45, 2.75) is 13.0 Å². The van der Waals surface area contributed by atoms with Crippen molar-refractivity contribution in [1.82, 2.24) is 5.43 Å². The average Bonchev–Trinajstić information content (AvgIpc) is 2.61. The lowest BCUT2D eigenvalue weighted by atomic mass is 10.1. The Morgan fingerprint density at radius 3 is 2.50 bits per heavy atom. The van der Waals surface area contributed by atoms with Gasteiger partial charge in [0, 0.05) is 12.7 Å². The summed E-state index contributed by atoms with van der Waals surface area (Å²) in [7, 11) is 1.48. The topological polar surface area (TPSA) is 70.9 Å². The first-order chi connectivity index (χ1) is 11.6. The van der Waals surface area contributed by atoms with Gasteiger partial charge < -0.3 is 9.84 Å². The molecule has 0 unspecified atom stereocenters. The maximum absolute atomic E-state index is 12.2. The molecule has 0 aliphatic heterocycles. The molecule has 2 N–H and O–H groups in total. The lowest BCUT2D eigenvalue weighted by Crippen LogP contribution is -2.27. The molecular weight excluding hydrogens is 304 g/mol. The van der Waals surface area contributed by atoms with Crippen LogP contribution in [-0.4, -0.2) is 23.8 Å². The zero-order valence-electron chi connectivity index (χ0n) is 13.6. The van der Waals surface area contributed by atoms with Crippen molar-refractivity contribution in [3.63, 3.8) is 0 Å². The molecule has 0 heterocycles. The number of phenolic OH excluding ortho intramolecular Hbond substituents is 1. The van der Waals surface area contributed by atoms with Gasteiger partial charge in [-0.05, 0) is 30.7 Å². The van der Waals surface area contributed by atoms with Gasteiger partial charge in [0.05, 0.1) is 5.71 Å². The van der Waals surface area contributed by atoms with Gasteiger partial charge in [0.1, 0.15) is 5.75 Å². The number of rotatable bonds is 6. The number of nitrogens with one attached hydrogen (secondary N) is 1. The van der Waals surface area contributed by atoms with Crippen molar-refractivity contribution in [2.24, 2.45) is 5.10 Å². The molecule has 5 nitrogen and oxygen atoms in total. The van der Waals surface area contributed by atoms with E-state index in [9.17, 15) is 9.90 Å². The number of phenols is 1. The molecule has 2 aromatic carbocycles. The summed E-state index contributed by atoms with van der Waals surface area (Å²) in [5.41, 5.74) is 4.52. The molecule has 0 saturated carbocycles. The van der Waals surface area contributed by atoms with Crippen molar-refractivity contribution in [3.05, 3.63) is 71.8 Å². The van der Waals surface area contributed by atoms with Crippen LogP contribution in [0, 0.1) is 0 Å². The molecule has 0 fully saturated rings. The number of allylic oxidation sites excluding steroid dienone is 1. The van der Waals surface area contributed by atoms with E-state index in [0.717, 1.165) is 5.56 Å². The predicted molar refractivity (Wildman–Crippen MR) is 94.6 cm³/mol. The highest BCUT2D eigenvalue weighted by atomic mass is 16.5. The second kappa shape index (κ2) is 8.64. The van der Waals surface area contributed by atoms with Crippen LogP contribution < -0.4 is 5.43 Å². The third-order valence-electron chi connectivity index (χ3n) is 3.36. The molecule has 5 heteroatoms. The van der Waals surface area contributed by atoms with E-state index in [1.807, 2.05) is 36.4 Å². The number of benzene rings is 2. The van der Waals surface area contributed by atoms with Crippen molar-refractivity contribution in [1.29, 1.82) is 0 Å². The van der Waals surface area contributed by atoms with Gasteiger partial charge in [0.2, 0.25) is 0 Å². The molecule has 0 saturated heterocycles. The van der Waals surface area contributed by atoms with Crippen LogP contribution >= 0.6 is 0 Å². The Balaban J connectivity index is 2.01. The second-order valence-electron chi connectivity index (χ2n) is 5.15. The third kappa shape index (κ3) is 4.79. The Morgan fingerprint density at radius 2 is 1.83 bits per heavy atom. The van der Waals surface area contributed by atoms with E-state index in [0.29, 0.717) is 11.3 Å². The molecule has 0 spiro atoms. The fourth-order valence-corrected chi connectivity index (χ4v) is 2.10. The van der Waals surface area contributed by atoms with Crippen LogP contribution in [0.3, 0.4) is 0 Å². The standard InChI is InChI=1S/C19H20N2O3/c1-14(12-13-15-8-6-7-11-17(15)22)20-21-19(23)18(24-2)16-9-4-3-5-10-16/h3-13,18,22H,1-2H3,(H,21,23)/b13-12+,20-14-/t18-/m0/s1. The minimum Gasteiger partial charge on any atom is -0.507 e. The normalized spacial score (nSPS) is 13.0. The van der Waals surface area contributed by atoms with E-state index < -0.39 is 6.10 Å². The van der Waals surface area contributed by atoms with Gasteiger partial charge in [0.15, 0.2) is 6.10 Å². The first-order valence-corrected chi connectivity index (χ1v) is 7.49. The number of carbonyl (C=O) groups excluding carboxylic acids is 1. The Bertz CT molecular complexity index is 739. The summed E-state index contributed by atoms with van der Waals surface area (Å²) in [6.45, 7) is 1.75. The van der Waals surface area contributed by atoms with Gasteiger partial charge in [-0.1, -0.05) is 48.5 Å². The van der Waals surface area contributed by atoms with Crippen molar-refractivity contribution in [3.8, 4) is 5.75 Å². The van der Waals surface area contributed by atoms with Gasteiger partial charge in [-0.3, -0.25) is 4.79 Å². The van der Waals surface area contributed by atoms with Crippen LogP contribution in [0.1, 0.15) is 24.2 Å². The highest BCUT2D eigenvalue weighted by molar-refractivity contribution is 5.97. The number of nitrogens with zero attached hydrogens (tertiary/aromatic N) is 1. The highest BCUT2D eigenvalue weighted by Crippen LogP contribution is 2.17. The smallest absolute Gasteiger partial charge is 0.273 e. The van der Waals surface area contributed by atoms with Gasteiger partial charge in [0.25, 0.3) is 5.91 Å². The third-order valence-corrected chi connectivity index (χ3v) is 3.36. The monoisotopic (exact) mass is 324 g/mol. The molecule has 2 aromatic rings. The first kappa shape index (κ1) is 17.4. The summed E-state index contributed by atoms with van der Waals surface area (Å²) in [4.78, 5) is 12.2. The molecule has 0 aliphatic carbocycles. The van der Waals surface area contributed by atoms with Gasteiger partial charge in [-0.15, -0.1) is 0 Å². The molecule has 0 aliphatic rings. The number of hydrazone groups is 1. The summed E-state index contributed by atoms with van der Waals surface area (Å²) in [5.74, 6) is -0.159. The lowest BCUT2D eigenvalue weighted by Gasteiger charge is -2.13. The minimum atomic E-state index is -0.718. The Labute approximate surface area is 141 Å². The van der Waals surface area contributed by atoms with Crippen molar-refractivity contribution < 1.29 is 14.6 Å². The van der Waals surface area contributed by atoms with Crippen LogP contribution in [0.5, 0.6) is 5.75 Å². The Hall–Kier alpha value is -2.92. The maximum Gasteiger partial charge on any atom is 0.273 e. The van der Waals surface area contributed by atoms with Gasteiger partial charge in [-0.25, -0.2) is 5.43 Å². The molecule has 0 aromatic heterocycles. The lowest BCUT2D eigenvalue weighted by molar-refractivity contribution is -0.131. The number of para-hydroxylation sites is 1. The van der Waals surface area contributed by atoms with Crippen LogP contribution in [-0.2, 0) is 9.53 Å². The van der Waals surface area contributed by atoms with Crippen LogP contribution in [0.4, 0.5) is 0 Å². The summed E-state index contributed by atoms with van der Waals surface area (Å²) in [6.07, 6.45) is 2.72. The predicted octanol–water partition coefficient (Wildman–Crippen LogP) is 3.29. The fourth-order valence-electron chi connectivity index (χ4n) is 2.10. The number of hydrogen-bond donors (Lipinski definition) is 2. The van der Waals surface area contributed by atoms with E-state index in [4.69, 9.17) is 4.74 Å². The van der Waals surface area contributed by atoms with Crippen LogP contribution in [0.25, 0.3) is 6.08 Å². The number of carbonyl (C=O) groups is 1. The van der Waals surface area contributed by atoms with E-state index in [1.165, 1.54) is 7.11 Å². The fraction of sp³-hybridized carbons (Fsp3) is 0.158. The first-order valence-electron chi connectivity index (χ1n) is 7.49. The number of ether oxygens (including phenoxy) is 1. The zero-order valence-corrected chi connectivity index (χ0v) is 13.6. The van der Waals surface area contributed by atoms with Crippen LogP contribution in [0.2, 0.25) is 0 Å². The van der Waals surface area contributed by atoms with E-state index in [2.05, 4.69) is 10.5 Å². The maximum atomic E-state index is 12.2. The van der Waals surface area contributed by atoms with E-state index in [-0.39, 0.29) is 11.7 Å². The molecule has 124 valence electrons. The minimum absolute atomic E-state index is 0.189. The Morgan fingerprint density at radius 1 is 1.17 bits per heavy atom. The van der Waals surface area contributed by atoms with E-state index >= 15 is 0 Å². The summed E-state index contributed by atoms with van der Waals surface area (Å²) in [6, 6.07) is 16.2. The Kier molecular flexibility index (Phi) is 6.28. The van der Waals surface area contributed by atoms with Crippen molar-refractivity contribution in [2.75, 3.05) is 7.11 Å². The summed E-state index contributed by atoms with van der Waals surface area (Å²) >= 11 is 0. The van der Waals surface area contributed by atoms with Crippen molar-refractivity contribution >= 4 is 17.7 Å². The summed E-state index contributed by atoms with van der Waals surface area (Å²) < 4.78 is 5.24. The second-order valence-corrected chi connectivity index (χ2v) is 5.15. The molecular formula is C19H20N2O3. The summed E-state index contributed by atoms with van der Waals surface area (Å²) in [5, 5.41) is 13.7. The molecule has 0 bridgehead atoms. The van der Waals surface area contributed by atoms with Gasteiger partial charge >= 0.3 is 0 Å².